The number of nitrogens with one attached hydrogen (secondary N) is 2. The van der Waals surface area contributed by atoms with Gasteiger partial charge in [-0.2, -0.15) is 0 Å². The van der Waals surface area contributed by atoms with Gasteiger partial charge in [0.2, 0.25) is 10.0 Å². The first-order chi connectivity index (χ1) is 8.03. The summed E-state index contributed by atoms with van der Waals surface area (Å²) in [5.74, 6) is 0. The van der Waals surface area contributed by atoms with Crippen molar-refractivity contribution in [2.45, 2.75) is 44.2 Å². The van der Waals surface area contributed by atoms with Crippen molar-refractivity contribution in [3.05, 3.63) is 15.8 Å². The largest absolute Gasteiger partial charge is 0.309 e. The van der Waals surface area contributed by atoms with Crippen molar-refractivity contribution >= 4 is 21.4 Å². The molecular weight excluding hydrogens is 256 g/mol. The van der Waals surface area contributed by atoms with Gasteiger partial charge in [0.15, 0.2) is 0 Å². The summed E-state index contributed by atoms with van der Waals surface area (Å²) in [6, 6.07) is 2.43. The van der Waals surface area contributed by atoms with E-state index in [9.17, 15) is 8.42 Å². The van der Waals surface area contributed by atoms with Crippen molar-refractivity contribution in [3.8, 4) is 0 Å². The summed E-state index contributed by atoms with van der Waals surface area (Å²) >= 11 is 1.56. The predicted octanol–water partition coefficient (Wildman–Crippen LogP) is 1.61. The average Bonchev–Trinajstić information content (AvgIpc) is 2.99. The molecule has 0 aliphatic heterocycles. The lowest BCUT2D eigenvalue weighted by Crippen LogP contribution is -2.23. The highest BCUT2D eigenvalue weighted by molar-refractivity contribution is 7.89. The molecule has 0 aromatic carbocycles. The number of rotatable bonds is 6. The summed E-state index contributed by atoms with van der Waals surface area (Å²) in [6.45, 7) is 4.84. The molecule has 1 aliphatic rings. The third-order valence-electron chi connectivity index (χ3n) is 2.69. The summed E-state index contributed by atoms with van der Waals surface area (Å²) < 4.78 is 26.3. The maximum absolute atomic E-state index is 11.9. The Hall–Kier alpha value is -0.430. The molecule has 1 aromatic rings. The zero-order chi connectivity index (χ0) is 12.5. The van der Waals surface area contributed by atoms with Crippen LogP contribution in [-0.2, 0) is 16.6 Å². The Morgan fingerprint density at radius 2 is 2.18 bits per heavy atom. The summed E-state index contributed by atoms with van der Waals surface area (Å²) in [7, 11) is -3.31. The van der Waals surface area contributed by atoms with Crippen LogP contribution < -0.4 is 10.0 Å². The molecular formula is C11H18N2O2S2. The molecule has 1 heterocycles. The van der Waals surface area contributed by atoms with Crippen LogP contribution in [0.15, 0.2) is 11.0 Å². The normalized spacial score (nSPS) is 16.4. The predicted molar refractivity (Wildman–Crippen MR) is 69.8 cm³/mol. The smallest absolute Gasteiger partial charge is 0.241 e. The van der Waals surface area contributed by atoms with E-state index in [0.29, 0.717) is 17.5 Å². The standard InChI is InChI=1S/C11H18N2O2S2/c1-3-13-17(14,15)11-6-10(16-8(11)2)7-12-9-4-5-9/h6,9,12-13H,3-5,7H2,1-2H3. The van der Waals surface area contributed by atoms with Gasteiger partial charge in [0.05, 0.1) is 4.90 Å². The van der Waals surface area contributed by atoms with Gasteiger partial charge < -0.3 is 5.32 Å². The SMILES string of the molecule is CCNS(=O)(=O)c1cc(CNC2CC2)sc1C. The van der Waals surface area contributed by atoms with E-state index in [2.05, 4.69) is 10.0 Å². The summed E-state index contributed by atoms with van der Waals surface area (Å²) in [4.78, 5) is 2.38. The molecule has 2 N–H and O–H groups in total. The first-order valence-corrected chi connectivity index (χ1v) is 8.15. The molecule has 17 heavy (non-hydrogen) atoms. The van der Waals surface area contributed by atoms with Gasteiger partial charge >= 0.3 is 0 Å². The maximum Gasteiger partial charge on any atom is 0.241 e. The van der Waals surface area contributed by atoms with Crippen LogP contribution >= 0.6 is 11.3 Å². The molecule has 0 spiro atoms. The van der Waals surface area contributed by atoms with Crippen LogP contribution in [0.3, 0.4) is 0 Å². The Bertz CT molecular complexity index is 490. The van der Waals surface area contributed by atoms with Crippen LogP contribution in [0, 0.1) is 6.92 Å². The van der Waals surface area contributed by atoms with Crippen LogP contribution in [0.5, 0.6) is 0 Å². The number of sulfonamides is 1. The van der Waals surface area contributed by atoms with E-state index in [4.69, 9.17) is 0 Å². The summed E-state index contributed by atoms with van der Waals surface area (Å²) in [5, 5.41) is 3.39. The van der Waals surface area contributed by atoms with Crippen LogP contribution in [-0.4, -0.2) is 21.0 Å². The van der Waals surface area contributed by atoms with E-state index >= 15 is 0 Å². The minimum absolute atomic E-state index is 0.424. The Balaban J connectivity index is 2.11. The van der Waals surface area contributed by atoms with E-state index in [-0.39, 0.29) is 0 Å². The third-order valence-corrected chi connectivity index (χ3v) is 5.54. The van der Waals surface area contributed by atoms with Crippen molar-refractivity contribution < 1.29 is 8.42 Å². The zero-order valence-corrected chi connectivity index (χ0v) is 11.7. The molecule has 96 valence electrons. The van der Waals surface area contributed by atoms with Gasteiger partial charge in [-0.3, -0.25) is 0 Å². The molecule has 1 saturated carbocycles. The van der Waals surface area contributed by atoms with Gasteiger partial charge in [-0.25, -0.2) is 13.1 Å². The molecule has 0 unspecified atom stereocenters. The first kappa shape index (κ1) is 13.0. The molecule has 0 amide bonds. The van der Waals surface area contributed by atoms with Crippen molar-refractivity contribution in [1.82, 2.24) is 10.0 Å². The number of thiophene rings is 1. The van der Waals surface area contributed by atoms with Crippen LogP contribution in [0.4, 0.5) is 0 Å². The van der Waals surface area contributed by atoms with Crippen molar-refractivity contribution in [2.24, 2.45) is 0 Å². The lowest BCUT2D eigenvalue weighted by Gasteiger charge is -2.02. The molecule has 1 aliphatic carbocycles. The Kier molecular flexibility index (Phi) is 3.87. The minimum atomic E-state index is -3.31. The van der Waals surface area contributed by atoms with E-state index in [0.717, 1.165) is 16.3 Å². The average molecular weight is 274 g/mol. The molecule has 2 rings (SSSR count). The van der Waals surface area contributed by atoms with E-state index in [1.807, 2.05) is 6.92 Å². The van der Waals surface area contributed by atoms with Gasteiger partial charge in [-0.15, -0.1) is 11.3 Å². The molecule has 6 heteroatoms. The fraction of sp³-hybridized carbons (Fsp3) is 0.636. The lowest BCUT2D eigenvalue weighted by molar-refractivity contribution is 0.583. The van der Waals surface area contributed by atoms with Crippen molar-refractivity contribution in [3.63, 3.8) is 0 Å². The van der Waals surface area contributed by atoms with E-state index in [1.54, 1.807) is 24.3 Å². The highest BCUT2D eigenvalue weighted by Crippen LogP contribution is 2.27. The van der Waals surface area contributed by atoms with Crippen molar-refractivity contribution in [1.29, 1.82) is 0 Å². The second-order valence-electron chi connectivity index (χ2n) is 4.29. The maximum atomic E-state index is 11.9. The van der Waals surface area contributed by atoms with Crippen LogP contribution in [0.25, 0.3) is 0 Å². The fourth-order valence-corrected chi connectivity index (χ4v) is 4.30. The van der Waals surface area contributed by atoms with Gasteiger partial charge in [-0.05, 0) is 25.8 Å². The second kappa shape index (κ2) is 5.06. The Labute approximate surface area is 106 Å². The third kappa shape index (κ3) is 3.28. The molecule has 4 nitrogen and oxygen atoms in total. The second-order valence-corrected chi connectivity index (χ2v) is 7.37. The zero-order valence-electron chi connectivity index (χ0n) is 10.1. The summed E-state index contributed by atoms with van der Waals surface area (Å²) in [5.41, 5.74) is 0. The number of aryl methyl sites for hydroxylation is 1. The van der Waals surface area contributed by atoms with Crippen molar-refractivity contribution in [2.75, 3.05) is 6.54 Å². The lowest BCUT2D eigenvalue weighted by atomic mass is 10.4. The van der Waals surface area contributed by atoms with Crippen LogP contribution in [0.1, 0.15) is 29.5 Å². The van der Waals surface area contributed by atoms with E-state index < -0.39 is 10.0 Å². The molecule has 0 saturated heterocycles. The summed E-state index contributed by atoms with van der Waals surface area (Å²) in [6.07, 6.45) is 2.49. The number of hydrogen-bond donors (Lipinski definition) is 2. The monoisotopic (exact) mass is 274 g/mol. The molecule has 1 fully saturated rings. The Morgan fingerprint density at radius 1 is 1.47 bits per heavy atom. The molecule has 0 bridgehead atoms. The van der Waals surface area contributed by atoms with E-state index in [1.165, 1.54) is 12.8 Å². The number of hydrogen-bond acceptors (Lipinski definition) is 4. The van der Waals surface area contributed by atoms with Gasteiger partial charge in [0.1, 0.15) is 0 Å². The van der Waals surface area contributed by atoms with Gasteiger partial charge in [0.25, 0.3) is 0 Å². The first-order valence-electron chi connectivity index (χ1n) is 5.85. The van der Waals surface area contributed by atoms with Gasteiger partial charge in [0, 0.05) is 28.9 Å². The molecule has 1 aromatic heterocycles. The quantitative estimate of drug-likeness (QED) is 0.828. The topological polar surface area (TPSA) is 58.2 Å². The highest BCUT2D eigenvalue weighted by Gasteiger charge is 2.22. The minimum Gasteiger partial charge on any atom is -0.309 e. The van der Waals surface area contributed by atoms with Crippen LogP contribution in [0.2, 0.25) is 0 Å². The molecule has 0 atom stereocenters. The van der Waals surface area contributed by atoms with Gasteiger partial charge in [-0.1, -0.05) is 6.92 Å². The molecule has 0 radical (unpaired) electrons. The Morgan fingerprint density at radius 3 is 2.76 bits per heavy atom. The highest BCUT2D eigenvalue weighted by atomic mass is 32.2. The fourth-order valence-electron chi connectivity index (χ4n) is 1.68.